The van der Waals surface area contributed by atoms with E-state index in [0.717, 1.165) is 5.69 Å². The van der Waals surface area contributed by atoms with E-state index in [2.05, 4.69) is 4.98 Å². The lowest BCUT2D eigenvalue weighted by Gasteiger charge is -2.35. The van der Waals surface area contributed by atoms with Crippen LogP contribution in [0.15, 0.2) is 18.2 Å². The van der Waals surface area contributed by atoms with Crippen LogP contribution in [0.5, 0.6) is 0 Å². The smallest absolute Gasteiger partial charge is 0.272 e. The van der Waals surface area contributed by atoms with E-state index in [1.807, 2.05) is 26.0 Å². The van der Waals surface area contributed by atoms with Crippen LogP contribution in [-0.2, 0) is 4.74 Å². The van der Waals surface area contributed by atoms with Crippen molar-refractivity contribution in [3.63, 3.8) is 0 Å². The van der Waals surface area contributed by atoms with Crippen molar-refractivity contribution in [1.29, 1.82) is 0 Å². The molecule has 1 aliphatic heterocycles. The molecule has 1 amide bonds. The van der Waals surface area contributed by atoms with Gasteiger partial charge in [-0.25, -0.2) is 4.98 Å². The van der Waals surface area contributed by atoms with Gasteiger partial charge in [0, 0.05) is 18.8 Å². The predicted molar refractivity (Wildman–Crippen MR) is 66.3 cm³/mol. The van der Waals surface area contributed by atoms with Gasteiger partial charge in [-0.05, 0) is 26.0 Å². The predicted octanol–water partition coefficient (Wildman–Crippen LogP) is 0.612. The summed E-state index contributed by atoms with van der Waals surface area (Å²) in [5.41, 5.74) is 1.27. The molecule has 0 aromatic carbocycles. The van der Waals surface area contributed by atoms with Crippen LogP contribution in [0.1, 0.15) is 23.1 Å². The second kappa shape index (κ2) is 5.46. The van der Waals surface area contributed by atoms with Crippen LogP contribution >= 0.6 is 0 Å². The molecule has 2 unspecified atom stereocenters. The third kappa shape index (κ3) is 2.86. The van der Waals surface area contributed by atoms with Gasteiger partial charge >= 0.3 is 0 Å². The Balaban J connectivity index is 2.13. The summed E-state index contributed by atoms with van der Waals surface area (Å²) >= 11 is 0. The van der Waals surface area contributed by atoms with Gasteiger partial charge < -0.3 is 14.7 Å². The van der Waals surface area contributed by atoms with Crippen molar-refractivity contribution in [2.75, 3.05) is 19.7 Å². The molecular formula is C13H18N2O3. The summed E-state index contributed by atoms with van der Waals surface area (Å²) in [6, 6.07) is 5.39. The highest BCUT2D eigenvalue weighted by Gasteiger charge is 2.28. The molecular weight excluding hydrogens is 232 g/mol. The number of aromatic nitrogens is 1. The molecule has 1 aromatic heterocycles. The number of hydrogen-bond acceptors (Lipinski definition) is 4. The lowest BCUT2D eigenvalue weighted by Crippen LogP contribution is -2.50. The summed E-state index contributed by atoms with van der Waals surface area (Å²) in [4.78, 5) is 18.2. The summed E-state index contributed by atoms with van der Waals surface area (Å²) in [5.74, 6) is -0.104. The second-order valence-corrected chi connectivity index (χ2v) is 4.63. The average Bonchev–Trinajstić information content (AvgIpc) is 2.37. The zero-order valence-electron chi connectivity index (χ0n) is 10.7. The maximum atomic E-state index is 12.3. The fraction of sp³-hybridized carbons (Fsp3) is 0.538. The first-order valence-electron chi connectivity index (χ1n) is 6.09. The van der Waals surface area contributed by atoms with E-state index in [0.29, 0.717) is 18.8 Å². The fourth-order valence-electron chi connectivity index (χ4n) is 2.14. The molecule has 2 heterocycles. The maximum absolute atomic E-state index is 12.3. The Kier molecular flexibility index (Phi) is 3.93. The minimum atomic E-state index is -0.303. The molecule has 0 bridgehead atoms. The number of ether oxygens (including phenoxy) is 1. The number of nitrogens with zero attached hydrogens (tertiary/aromatic N) is 2. The lowest BCUT2D eigenvalue weighted by molar-refractivity contribution is -0.0859. The first-order chi connectivity index (χ1) is 8.60. The number of carbonyl (C=O) groups excluding carboxylic acids is 1. The average molecular weight is 250 g/mol. The van der Waals surface area contributed by atoms with Gasteiger partial charge in [-0.15, -0.1) is 0 Å². The number of morpholine rings is 1. The van der Waals surface area contributed by atoms with Crippen molar-refractivity contribution in [2.24, 2.45) is 0 Å². The molecule has 1 aromatic rings. The standard InChI is InChI=1S/C13H18N2O3/c1-9-4-3-5-12(14-9)13(17)15-6-10(2)18-11(7-15)8-16/h3-5,10-11,16H,6-8H2,1-2H3. The molecule has 2 rings (SSSR count). The maximum Gasteiger partial charge on any atom is 0.272 e. The molecule has 1 fully saturated rings. The largest absolute Gasteiger partial charge is 0.394 e. The highest BCUT2D eigenvalue weighted by molar-refractivity contribution is 5.92. The minimum absolute atomic E-state index is 0.0651. The SMILES string of the molecule is Cc1cccc(C(=O)N2CC(C)OC(CO)C2)n1. The van der Waals surface area contributed by atoms with Gasteiger partial charge in [0.2, 0.25) is 0 Å². The van der Waals surface area contributed by atoms with E-state index < -0.39 is 0 Å². The summed E-state index contributed by atoms with van der Waals surface area (Å²) in [6.45, 7) is 4.62. The molecule has 98 valence electrons. The van der Waals surface area contributed by atoms with Crippen LogP contribution in [0, 0.1) is 6.92 Å². The highest BCUT2D eigenvalue weighted by atomic mass is 16.5. The molecule has 5 heteroatoms. The third-order valence-electron chi connectivity index (χ3n) is 2.92. The molecule has 0 radical (unpaired) electrons. The van der Waals surface area contributed by atoms with Gasteiger partial charge in [0.1, 0.15) is 5.69 Å². The Morgan fingerprint density at radius 2 is 2.33 bits per heavy atom. The Morgan fingerprint density at radius 3 is 3.00 bits per heavy atom. The molecule has 1 aliphatic rings. The molecule has 5 nitrogen and oxygen atoms in total. The number of rotatable bonds is 2. The minimum Gasteiger partial charge on any atom is -0.394 e. The number of amides is 1. The molecule has 1 N–H and O–H groups in total. The quantitative estimate of drug-likeness (QED) is 0.835. The van der Waals surface area contributed by atoms with Gasteiger partial charge in [-0.3, -0.25) is 4.79 Å². The van der Waals surface area contributed by atoms with Crippen molar-refractivity contribution in [2.45, 2.75) is 26.1 Å². The molecule has 0 aliphatic carbocycles. The van der Waals surface area contributed by atoms with Crippen molar-refractivity contribution < 1.29 is 14.6 Å². The molecule has 0 spiro atoms. The van der Waals surface area contributed by atoms with E-state index in [1.165, 1.54) is 0 Å². The summed E-state index contributed by atoms with van der Waals surface area (Å²) in [7, 11) is 0. The van der Waals surface area contributed by atoms with Crippen LogP contribution in [-0.4, -0.2) is 52.8 Å². The van der Waals surface area contributed by atoms with Gasteiger partial charge in [-0.1, -0.05) is 6.07 Å². The normalized spacial score (nSPS) is 24.1. The summed E-state index contributed by atoms with van der Waals surface area (Å²) < 4.78 is 5.51. The summed E-state index contributed by atoms with van der Waals surface area (Å²) in [6.07, 6.45) is -0.368. The van der Waals surface area contributed by atoms with Crippen LogP contribution in [0.2, 0.25) is 0 Å². The van der Waals surface area contributed by atoms with Crippen LogP contribution < -0.4 is 0 Å². The van der Waals surface area contributed by atoms with Gasteiger partial charge in [0.15, 0.2) is 0 Å². The van der Waals surface area contributed by atoms with Gasteiger partial charge in [-0.2, -0.15) is 0 Å². The Hall–Kier alpha value is -1.46. The number of aliphatic hydroxyl groups is 1. The van der Waals surface area contributed by atoms with Gasteiger partial charge in [0.25, 0.3) is 5.91 Å². The van der Waals surface area contributed by atoms with Crippen LogP contribution in [0.4, 0.5) is 0 Å². The number of pyridine rings is 1. The van der Waals surface area contributed by atoms with E-state index in [1.54, 1.807) is 11.0 Å². The number of carbonyl (C=O) groups is 1. The van der Waals surface area contributed by atoms with E-state index in [9.17, 15) is 4.79 Å². The molecule has 18 heavy (non-hydrogen) atoms. The van der Waals surface area contributed by atoms with Crippen molar-refractivity contribution >= 4 is 5.91 Å². The highest BCUT2D eigenvalue weighted by Crippen LogP contribution is 2.13. The molecule has 0 saturated carbocycles. The second-order valence-electron chi connectivity index (χ2n) is 4.63. The number of aryl methyl sites for hydroxylation is 1. The first-order valence-corrected chi connectivity index (χ1v) is 6.09. The van der Waals surface area contributed by atoms with Crippen LogP contribution in [0.25, 0.3) is 0 Å². The zero-order valence-corrected chi connectivity index (χ0v) is 10.7. The Bertz CT molecular complexity index is 436. The fourth-order valence-corrected chi connectivity index (χ4v) is 2.14. The Morgan fingerprint density at radius 1 is 1.56 bits per heavy atom. The zero-order chi connectivity index (χ0) is 13.1. The van der Waals surface area contributed by atoms with E-state index in [4.69, 9.17) is 9.84 Å². The van der Waals surface area contributed by atoms with Crippen LogP contribution in [0.3, 0.4) is 0 Å². The van der Waals surface area contributed by atoms with E-state index >= 15 is 0 Å². The first kappa shape index (κ1) is 13.0. The summed E-state index contributed by atoms with van der Waals surface area (Å²) in [5, 5.41) is 9.14. The molecule has 2 atom stereocenters. The van der Waals surface area contributed by atoms with Crippen molar-refractivity contribution in [1.82, 2.24) is 9.88 Å². The van der Waals surface area contributed by atoms with Gasteiger partial charge in [0.05, 0.1) is 18.8 Å². The van der Waals surface area contributed by atoms with Crippen molar-refractivity contribution in [3.8, 4) is 0 Å². The third-order valence-corrected chi connectivity index (χ3v) is 2.92. The lowest BCUT2D eigenvalue weighted by atomic mass is 10.2. The Labute approximate surface area is 106 Å². The number of hydrogen-bond donors (Lipinski definition) is 1. The monoisotopic (exact) mass is 250 g/mol. The topological polar surface area (TPSA) is 62.7 Å². The van der Waals surface area contributed by atoms with Crippen molar-refractivity contribution in [3.05, 3.63) is 29.6 Å². The van der Waals surface area contributed by atoms with E-state index in [-0.39, 0.29) is 24.7 Å². The number of aliphatic hydroxyl groups excluding tert-OH is 1. The molecule has 1 saturated heterocycles.